The van der Waals surface area contributed by atoms with Crippen molar-refractivity contribution in [3.63, 3.8) is 0 Å². The summed E-state index contributed by atoms with van der Waals surface area (Å²) in [7, 11) is -1.18. The van der Waals surface area contributed by atoms with Crippen molar-refractivity contribution in [2.24, 2.45) is 10.9 Å². The molecule has 0 saturated heterocycles. The molecule has 1 fully saturated rings. The summed E-state index contributed by atoms with van der Waals surface area (Å²) in [6.45, 7) is 3.59. The Bertz CT molecular complexity index is 443. The summed E-state index contributed by atoms with van der Waals surface area (Å²) < 4.78 is 27.2. The van der Waals surface area contributed by atoms with E-state index < -0.39 is 9.84 Å². The molecule has 1 aliphatic carbocycles. The van der Waals surface area contributed by atoms with Gasteiger partial charge in [-0.1, -0.05) is 26.2 Å². The molecule has 2 N–H and O–H groups in total. The number of hydrogen-bond donors (Lipinski definition) is 2. The minimum absolute atomic E-state index is 0. The van der Waals surface area contributed by atoms with Gasteiger partial charge in [-0.15, -0.1) is 24.0 Å². The van der Waals surface area contributed by atoms with Crippen molar-refractivity contribution in [3.05, 3.63) is 0 Å². The average Bonchev–Trinajstić information content (AvgIpc) is 2.48. The standard InChI is InChI=1S/C15H31N3O3S.HI/c1-4-13-6-5-7-14(12-13)18-15(16-2)17-8-9-21-10-11-22(3,19)20;/h13-14H,4-12H2,1-3H3,(H2,16,17,18);1H. The third-order valence-electron chi connectivity index (χ3n) is 4.06. The molecule has 0 bridgehead atoms. The van der Waals surface area contributed by atoms with Crippen molar-refractivity contribution >= 4 is 39.8 Å². The van der Waals surface area contributed by atoms with Gasteiger partial charge >= 0.3 is 0 Å². The average molecular weight is 461 g/mol. The Balaban J connectivity index is 0.00000484. The molecule has 0 aromatic heterocycles. The molecule has 2 unspecified atom stereocenters. The predicted octanol–water partition coefficient (Wildman–Crippen LogP) is 1.80. The Morgan fingerprint density at radius 1 is 1.30 bits per heavy atom. The van der Waals surface area contributed by atoms with Gasteiger partial charge in [-0.05, 0) is 18.8 Å². The highest BCUT2D eigenvalue weighted by Gasteiger charge is 2.21. The van der Waals surface area contributed by atoms with Crippen molar-refractivity contribution in [1.82, 2.24) is 10.6 Å². The first-order chi connectivity index (χ1) is 10.4. The van der Waals surface area contributed by atoms with E-state index in [-0.39, 0.29) is 36.3 Å². The summed E-state index contributed by atoms with van der Waals surface area (Å²) in [6.07, 6.45) is 7.49. The first kappa shape index (κ1) is 22.9. The van der Waals surface area contributed by atoms with Crippen molar-refractivity contribution < 1.29 is 13.2 Å². The summed E-state index contributed by atoms with van der Waals surface area (Å²) in [5.74, 6) is 1.69. The lowest BCUT2D eigenvalue weighted by atomic mass is 9.84. The van der Waals surface area contributed by atoms with Crippen LogP contribution >= 0.6 is 24.0 Å². The van der Waals surface area contributed by atoms with E-state index in [9.17, 15) is 8.42 Å². The van der Waals surface area contributed by atoms with Gasteiger partial charge in [0.1, 0.15) is 9.84 Å². The fourth-order valence-electron chi connectivity index (χ4n) is 2.73. The Hall–Kier alpha value is -0.0900. The molecule has 0 amide bonds. The van der Waals surface area contributed by atoms with Crippen LogP contribution in [0.15, 0.2) is 4.99 Å². The molecule has 1 saturated carbocycles. The fraction of sp³-hybridized carbons (Fsp3) is 0.933. The highest BCUT2D eigenvalue weighted by atomic mass is 127. The van der Waals surface area contributed by atoms with Gasteiger partial charge in [-0.2, -0.15) is 0 Å². The number of nitrogens with one attached hydrogen (secondary N) is 2. The van der Waals surface area contributed by atoms with E-state index >= 15 is 0 Å². The van der Waals surface area contributed by atoms with Crippen LogP contribution in [0.5, 0.6) is 0 Å². The topological polar surface area (TPSA) is 79.8 Å². The second kappa shape index (κ2) is 12.3. The van der Waals surface area contributed by atoms with Crippen LogP contribution in [-0.2, 0) is 14.6 Å². The zero-order chi connectivity index (χ0) is 16.4. The molecule has 0 radical (unpaired) electrons. The monoisotopic (exact) mass is 461 g/mol. The number of ether oxygens (including phenoxy) is 1. The molecule has 0 aliphatic heterocycles. The molecule has 0 aromatic rings. The molecular weight excluding hydrogens is 429 g/mol. The Morgan fingerprint density at radius 3 is 2.65 bits per heavy atom. The number of halogens is 1. The smallest absolute Gasteiger partial charge is 0.191 e. The largest absolute Gasteiger partial charge is 0.379 e. The van der Waals surface area contributed by atoms with E-state index in [2.05, 4.69) is 22.5 Å². The van der Waals surface area contributed by atoms with Gasteiger partial charge in [0.25, 0.3) is 0 Å². The minimum atomic E-state index is -2.94. The number of guanidine groups is 1. The van der Waals surface area contributed by atoms with Gasteiger partial charge in [0.05, 0.1) is 19.0 Å². The van der Waals surface area contributed by atoms with Gasteiger partial charge in [-0.3, -0.25) is 4.99 Å². The van der Waals surface area contributed by atoms with Gasteiger partial charge in [0.2, 0.25) is 0 Å². The van der Waals surface area contributed by atoms with Gasteiger partial charge < -0.3 is 15.4 Å². The summed E-state index contributed by atoms with van der Waals surface area (Å²) in [5.41, 5.74) is 0. The molecule has 0 heterocycles. The lowest BCUT2D eigenvalue weighted by Crippen LogP contribution is -2.46. The number of aliphatic imine (C=N–C) groups is 1. The molecule has 23 heavy (non-hydrogen) atoms. The molecule has 0 aromatic carbocycles. The van der Waals surface area contributed by atoms with E-state index in [0.29, 0.717) is 19.2 Å². The Labute approximate surface area is 158 Å². The second-order valence-electron chi connectivity index (χ2n) is 6.02. The number of rotatable bonds is 8. The fourth-order valence-corrected chi connectivity index (χ4v) is 3.16. The minimum Gasteiger partial charge on any atom is -0.379 e. The zero-order valence-electron chi connectivity index (χ0n) is 14.5. The first-order valence-corrected chi connectivity index (χ1v) is 10.2. The van der Waals surface area contributed by atoms with E-state index in [1.807, 2.05) is 0 Å². The van der Waals surface area contributed by atoms with E-state index in [1.54, 1.807) is 7.05 Å². The molecule has 138 valence electrons. The van der Waals surface area contributed by atoms with Crippen LogP contribution in [0.4, 0.5) is 0 Å². The molecule has 0 spiro atoms. The van der Waals surface area contributed by atoms with Gasteiger partial charge in [-0.25, -0.2) is 8.42 Å². The molecule has 1 rings (SSSR count). The van der Waals surface area contributed by atoms with Crippen molar-refractivity contribution in [2.75, 3.05) is 38.8 Å². The van der Waals surface area contributed by atoms with Crippen molar-refractivity contribution in [3.8, 4) is 0 Å². The SMILES string of the molecule is CCC1CCCC(NC(=NC)NCCOCCS(C)(=O)=O)C1.I. The van der Waals surface area contributed by atoms with Gasteiger partial charge in [0, 0.05) is 25.9 Å². The van der Waals surface area contributed by atoms with E-state index in [4.69, 9.17) is 4.74 Å². The van der Waals surface area contributed by atoms with Crippen LogP contribution in [0, 0.1) is 5.92 Å². The van der Waals surface area contributed by atoms with Crippen LogP contribution in [0.25, 0.3) is 0 Å². The van der Waals surface area contributed by atoms with Crippen LogP contribution < -0.4 is 10.6 Å². The van der Waals surface area contributed by atoms with Crippen LogP contribution in [0.1, 0.15) is 39.0 Å². The van der Waals surface area contributed by atoms with Crippen LogP contribution in [-0.4, -0.2) is 59.2 Å². The summed E-state index contributed by atoms with van der Waals surface area (Å²) >= 11 is 0. The lowest BCUT2D eigenvalue weighted by Gasteiger charge is -2.30. The number of nitrogens with zero attached hydrogens (tertiary/aromatic N) is 1. The second-order valence-corrected chi connectivity index (χ2v) is 8.28. The van der Waals surface area contributed by atoms with Crippen molar-refractivity contribution in [1.29, 1.82) is 0 Å². The van der Waals surface area contributed by atoms with Gasteiger partial charge in [0.15, 0.2) is 5.96 Å². The van der Waals surface area contributed by atoms with Crippen LogP contribution in [0.2, 0.25) is 0 Å². The van der Waals surface area contributed by atoms with E-state index in [0.717, 1.165) is 11.9 Å². The third kappa shape index (κ3) is 11.1. The molecular formula is C15H32IN3O3S. The highest BCUT2D eigenvalue weighted by molar-refractivity contribution is 14.0. The summed E-state index contributed by atoms with van der Waals surface area (Å²) in [5, 5.41) is 6.68. The first-order valence-electron chi connectivity index (χ1n) is 8.17. The predicted molar refractivity (Wildman–Crippen MR) is 106 cm³/mol. The highest BCUT2D eigenvalue weighted by Crippen LogP contribution is 2.26. The normalized spacial score (nSPS) is 22.3. The zero-order valence-corrected chi connectivity index (χ0v) is 17.7. The lowest BCUT2D eigenvalue weighted by molar-refractivity contribution is 0.153. The number of sulfone groups is 1. The van der Waals surface area contributed by atoms with Crippen LogP contribution in [0.3, 0.4) is 0 Å². The molecule has 1 aliphatic rings. The Kier molecular flexibility index (Phi) is 12.2. The Morgan fingerprint density at radius 2 is 2.04 bits per heavy atom. The number of hydrogen-bond acceptors (Lipinski definition) is 4. The summed E-state index contributed by atoms with van der Waals surface area (Å²) in [4.78, 5) is 4.23. The quantitative estimate of drug-likeness (QED) is 0.250. The molecule has 2 atom stereocenters. The third-order valence-corrected chi connectivity index (χ3v) is 4.97. The van der Waals surface area contributed by atoms with E-state index in [1.165, 1.54) is 38.4 Å². The summed E-state index contributed by atoms with van der Waals surface area (Å²) in [6, 6.07) is 0.496. The maximum Gasteiger partial charge on any atom is 0.191 e. The maximum atomic E-state index is 11.0. The van der Waals surface area contributed by atoms with Crippen molar-refractivity contribution in [2.45, 2.75) is 45.1 Å². The molecule has 6 nitrogen and oxygen atoms in total. The maximum absolute atomic E-state index is 11.0. The molecule has 8 heteroatoms.